The number of anilines is 2. The van der Waals surface area contributed by atoms with Gasteiger partial charge in [-0.2, -0.15) is 10.2 Å². The van der Waals surface area contributed by atoms with Gasteiger partial charge in [-0.25, -0.2) is 9.97 Å². The van der Waals surface area contributed by atoms with Crippen LogP contribution in [0.25, 0.3) is 11.5 Å². The Hall–Kier alpha value is -4.81. The topological polar surface area (TPSA) is 194 Å². The number of carboxylic acid groups (broad SMARTS) is 1. The molecule has 0 spiro atoms. The third kappa shape index (κ3) is 7.02. The first-order chi connectivity index (χ1) is 23.6. The number of carboxylic acids is 1. The Morgan fingerprint density at radius 3 is 2.88 bits per heavy atom. The second-order valence-corrected chi connectivity index (χ2v) is 14.3. The highest BCUT2D eigenvalue weighted by Gasteiger charge is 2.43. The van der Waals surface area contributed by atoms with Gasteiger partial charge in [-0.05, 0) is 56.7 Å². The van der Waals surface area contributed by atoms with Crippen molar-refractivity contribution in [3.05, 3.63) is 58.1 Å². The van der Waals surface area contributed by atoms with Crippen molar-refractivity contribution in [1.29, 1.82) is 5.26 Å². The monoisotopic (exact) mass is 687 g/mol. The molecule has 4 aromatic heterocycles. The molecule has 1 saturated heterocycles. The van der Waals surface area contributed by atoms with E-state index in [0.717, 1.165) is 62.3 Å². The zero-order chi connectivity index (χ0) is 34.7. The Morgan fingerprint density at radius 2 is 2.10 bits per heavy atom. The number of carbonyl (C=O) groups is 1. The Labute approximate surface area is 288 Å². The molecule has 0 aromatic carbocycles. The van der Waals surface area contributed by atoms with E-state index in [1.165, 1.54) is 11.3 Å². The lowest BCUT2D eigenvalue weighted by Gasteiger charge is -2.30. The maximum Gasteiger partial charge on any atom is 0.314 e. The summed E-state index contributed by atoms with van der Waals surface area (Å²) in [5, 5.41) is 28.0. The molecule has 1 aliphatic carbocycles. The highest BCUT2D eigenvalue weighted by atomic mass is 32.1. The molecule has 1 fully saturated rings. The fourth-order valence-corrected chi connectivity index (χ4v) is 8.02. The molecule has 3 atom stereocenters. The number of aryl methyl sites for hydroxylation is 1. The van der Waals surface area contributed by atoms with Crippen LogP contribution in [0.4, 0.5) is 10.9 Å². The standard InChI is InChI=1S/C34H41N9O5S/c1-20(2)27(31(44)45)24-17-26(40-47-24)46-16-6-5-13-42-14-8-15-43(21(3)19-42)33-37-12-10-23(38-33)30-39-32(48-41-30)34(4)11-7-9-25-28(34)22(18-35)29(36)49-25/h5-6,10,12,17,20-21,27H,7-9,11,13-16,19,36H2,1-4H3,(H,44,45)/b6-5+/t21-,27?,34-/m0/s1. The molecule has 3 N–H and O–H groups in total. The van der Waals surface area contributed by atoms with Crippen molar-refractivity contribution < 1.29 is 23.7 Å². The molecule has 0 radical (unpaired) electrons. The lowest BCUT2D eigenvalue weighted by atomic mass is 9.72. The van der Waals surface area contributed by atoms with Gasteiger partial charge >= 0.3 is 5.97 Å². The minimum Gasteiger partial charge on any atom is -0.481 e. The fraction of sp³-hybridized carbons (Fsp3) is 0.500. The number of aliphatic carboxylic acids is 1. The summed E-state index contributed by atoms with van der Waals surface area (Å²) in [4.78, 5) is 31.5. The maximum atomic E-state index is 11.6. The molecule has 0 amide bonds. The van der Waals surface area contributed by atoms with Crippen molar-refractivity contribution in [2.75, 3.05) is 43.4 Å². The molecule has 49 heavy (non-hydrogen) atoms. The van der Waals surface area contributed by atoms with Crippen molar-refractivity contribution in [3.63, 3.8) is 0 Å². The smallest absolute Gasteiger partial charge is 0.314 e. The molecule has 1 aliphatic heterocycles. The van der Waals surface area contributed by atoms with Gasteiger partial charge in [0, 0.05) is 54.9 Å². The molecule has 0 saturated carbocycles. The third-order valence-electron chi connectivity index (χ3n) is 9.31. The normalized spacial score (nSPS) is 20.7. The summed E-state index contributed by atoms with van der Waals surface area (Å²) in [5.41, 5.74) is 7.60. The minimum atomic E-state index is -0.951. The maximum absolute atomic E-state index is 11.6. The number of nitriles is 1. The van der Waals surface area contributed by atoms with Crippen LogP contribution in [0.5, 0.6) is 5.88 Å². The van der Waals surface area contributed by atoms with Crippen LogP contribution in [0.3, 0.4) is 0 Å². The van der Waals surface area contributed by atoms with Gasteiger partial charge in [0.25, 0.3) is 5.88 Å². The predicted octanol–water partition coefficient (Wildman–Crippen LogP) is 5.03. The second-order valence-electron chi connectivity index (χ2n) is 13.2. The predicted molar refractivity (Wildman–Crippen MR) is 182 cm³/mol. The molecule has 14 nitrogen and oxygen atoms in total. The molecule has 5 heterocycles. The number of fused-ring (bicyclic) bond motifs is 1. The first-order valence-corrected chi connectivity index (χ1v) is 17.4. The van der Waals surface area contributed by atoms with Crippen molar-refractivity contribution >= 4 is 28.3 Å². The molecular weight excluding hydrogens is 646 g/mol. The van der Waals surface area contributed by atoms with E-state index in [-0.39, 0.29) is 23.6 Å². The number of rotatable bonds is 11. The lowest BCUT2D eigenvalue weighted by molar-refractivity contribution is -0.140. The van der Waals surface area contributed by atoms with Crippen molar-refractivity contribution in [2.45, 2.75) is 70.8 Å². The summed E-state index contributed by atoms with van der Waals surface area (Å²) in [7, 11) is 0. The van der Waals surface area contributed by atoms with E-state index in [2.05, 4.69) is 44.2 Å². The van der Waals surface area contributed by atoms with E-state index in [0.29, 0.717) is 40.5 Å². The summed E-state index contributed by atoms with van der Waals surface area (Å²) in [6.45, 7) is 11.4. The summed E-state index contributed by atoms with van der Waals surface area (Å²) in [6.07, 6.45) is 9.24. The number of hydrogen-bond donors (Lipinski definition) is 2. The summed E-state index contributed by atoms with van der Waals surface area (Å²) >= 11 is 1.48. The lowest BCUT2D eigenvalue weighted by Crippen LogP contribution is -2.40. The number of aromatic nitrogens is 5. The highest BCUT2D eigenvalue weighted by molar-refractivity contribution is 7.16. The number of hydrogen-bond acceptors (Lipinski definition) is 14. The van der Waals surface area contributed by atoms with Crippen LogP contribution in [-0.4, -0.2) is 80.1 Å². The molecule has 2 aliphatic rings. The summed E-state index contributed by atoms with van der Waals surface area (Å²) < 4.78 is 16.7. The highest BCUT2D eigenvalue weighted by Crippen LogP contribution is 2.48. The Balaban J connectivity index is 1.07. The van der Waals surface area contributed by atoms with Crippen LogP contribution < -0.4 is 15.4 Å². The van der Waals surface area contributed by atoms with E-state index in [4.69, 9.17) is 29.5 Å². The average molecular weight is 688 g/mol. The quantitative estimate of drug-likeness (QED) is 0.199. The van der Waals surface area contributed by atoms with Gasteiger partial charge in [0.1, 0.15) is 29.3 Å². The van der Waals surface area contributed by atoms with Crippen LogP contribution in [0.2, 0.25) is 0 Å². The Morgan fingerprint density at radius 1 is 1.27 bits per heavy atom. The van der Waals surface area contributed by atoms with Crippen LogP contribution in [-0.2, 0) is 16.6 Å². The number of thiophene rings is 1. The van der Waals surface area contributed by atoms with Crippen molar-refractivity contribution in [2.24, 2.45) is 5.92 Å². The van der Waals surface area contributed by atoms with E-state index in [9.17, 15) is 15.2 Å². The number of nitrogen functional groups attached to an aromatic ring is 1. The van der Waals surface area contributed by atoms with Gasteiger partial charge in [0.05, 0.1) is 11.0 Å². The van der Waals surface area contributed by atoms with Gasteiger partial charge in [-0.15, -0.1) is 11.3 Å². The molecule has 15 heteroatoms. The number of nitrogens with two attached hydrogens (primary N) is 1. The average Bonchev–Trinajstić information content (AvgIpc) is 3.79. The minimum absolute atomic E-state index is 0.133. The van der Waals surface area contributed by atoms with Gasteiger partial charge in [0.15, 0.2) is 5.76 Å². The molecule has 258 valence electrons. The van der Waals surface area contributed by atoms with E-state index in [1.807, 2.05) is 26.8 Å². The second kappa shape index (κ2) is 14.4. The van der Waals surface area contributed by atoms with E-state index >= 15 is 0 Å². The molecular formula is C34H41N9O5S. The van der Waals surface area contributed by atoms with Gasteiger partial charge in [-0.3, -0.25) is 9.69 Å². The molecule has 6 rings (SSSR count). The number of ether oxygens (including phenoxy) is 1. The Kier molecular flexibility index (Phi) is 9.98. The molecule has 4 aromatic rings. The van der Waals surface area contributed by atoms with E-state index < -0.39 is 17.3 Å². The molecule has 1 unspecified atom stereocenters. The Bertz CT molecular complexity index is 1860. The number of nitrogens with zero attached hydrogens (tertiary/aromatic N) is 8. The summed E-state index contributed by atoms with van der Waals surface area (Å²) in [5.74, 6) is 0.151. The summed E-state index contributed by atoms with van der Waals surface area (Å²) in [6, 6.07) is 5.77. The largest absolute Gasteiger partial charge is 0.481 e. The van der Waals surface area contributed by atoms with Crippen LogP contribution in [0.1, 0.15) is 80.5 Å². The van der Waals surface area contributed by atoms with Crippen molar-refractivity contribution in [3.8, 4) is 23.5 Å². The van der Waals surface area contributed by atoms with Gasteiger partial charge in [0.2, 0.25) is 17.7 Å². The zero-order valence-corrected chi connectivity index (χ0v) is 28.9. The van der Waals surface area contributed by atoms with Gasteiger partial charge in [-0.1, -0.05) is 31.2 Å². The molecule has 0 bridgehead atoms. The van der Waals surface area contributed by atoms with Crippen LogP contribution in [0.15, 0.2) is 39.5 Å². The van der Waals surface area contributed by atoms with Gasteiger partial charge < -0.3 is 29.5 Å². The first-order valence-electron chi connectivity index (χ1n) is 16.5. The fourth-order valence-electron chi connectivity index (χ4n) is 6.83. The van der Waals surface area contributed by atoms with Crippen LogP contribution in [0, 0.1) is 17.2 Å². The first kappa shape index (κ1) is 34.1. The van der Waals surface area contributed by atoms with Crippen LogP contribution >= 0.6 is 11.3 Å². The van der Waals surface area contributed by atoms with Crippen molar-refractivity contribution in [1.82, 2.24) is 30.2 Å². The third-order valence-corrected chi connectivity index (χ3v) is 10.4. The SMILES string of the molecule is CC(C)C(C(=O)O)c1cc(OC/C=C/CN2CCCN(c3nccc(-c4noc([C@@]5(C)CCCc6sc(N)c(C#N)c65)n4)n3)[C@@H](C)C2)no1. The zero-order valence-electron chi connectivity index (χ0n) is 28.1. The van der Waals surface area contributed by atoms with E-state index in [1.54, 1.807) is 18.3 Å².